The molecule has 13 unspecified atom stereocenters. The number of hydrogen-bond donors (Lipinski definition) is 0. The second-order valence-electron chi connectivity index (χ2n) is 11.7. The molecule has 15 heteroatoms. The predicted octanol–water partition coefficient (Wildman–Crippen LogP) is 0.868. The second-order valence-corrected chi connectivity index (χ2v) is 11.7. The van der Waals surface area contributed by atoms with Crippen molar-refractivity contribution in [3.05, 3.63) is 0 Å². The van der Waals surface area contributed by atoms with Crippen molar-refractivity contribution in [3.63, 3.8) is 0 Å². The quantitative estimate of drug-likeness (QED) is 0.230. The molecule has 0 aromatic heterocycles. The number of ether oxygens (including phenoxy) is 13. The van der Waals surface area contributed by atoms with Gasteiger partial charge in [-0.05, 0) is 12.8 Å². The molecule has 0 saturated carbocycles. The van der Waals surface area contributed by atoms with Crippen LogP contribution in [0.3, 0.4) is 0 Å². The molecule has 0 aliphatic carbocycles. The van der Waals surface area contributed by atoms with Gasteiger partial charge in [-0.2, -0.15) is 0 Å². The van der Waals surface area contributed by atoms with E-state index in [-0.39, 0.29) is 37.6 Å². The van der Waals surface area contributed by atoms with Gasteiger partial charge in [0.15, 0.2) is 18.7 Å². The minimum atomic E-state index is -1.11. The molecule has 0 aromatic rings. The molecular weight excluding hydrogens is 600 g/mol. The van der Waals surface area contributed by atoms with E-state index in [1.54, 1.807) is 14.2 Å². The highest BCUT2D eigenvalue weighted by Gasteiger charge is 2.53. The van der Waals surface area contributed by atoms with Crippen LogP contribution in [-0.2, 0) is 71.2 Å². The van der Waals surface area contributed by atoms with E-state index in [2.05, 4.69) is 0 Å². The SMILES string of the molecule is COC1COC(C)C(OC2OCC(OC(C)=O)C(OC)C2OC2OC(COC(=O)CC(C)C)C(OC)C(OC)C2OC)C1OC. The first-order valence-corrected chi connectivity index (χ1v) is 15.2. The molecule has 3 rings (SSSR count). The molecule has 0 radical (unpaired) electrons. The van der Waals surface area contributed by atoms with E-state index in [0.717, 1.165) is 0 Å². The molecule has 3 aliphatic rings. The van der Waals surface area contributed by atoms with Crippen LogP contribution in [0.15, 0.2) is 0 Å². The fraction of sp³-hybridized carbons (Fsp3) is 0.933. The zero-order valence-electron chi connectivity index (χ0n) is 28.0. The molecule has 0 aromatic carbocycles. The van der Waals surface area contributed by atoms with Crippen LogP contribution in [0.2, 0.25) is 0 Å². The lowest BCUT2D eigenvalue weighted by atomic mass is 9.97. The third kappa shape index (κ3) is 9.54. The topological polar surface area (TPSA) is 154 Å². The summed E-state index contributed by atoms with van der Waals surface area (Å²) >= 11 is 0. The normalized spacial score (nSPS) is 39.0. The summed E-state index contributed by atoms with van der Waals surface area (Å²) in [4.78, 5) is 24.4. The van der Waals surface area contributed by atoms with Gasteiger partial charge in [-0.1, -0.05) is 13.8 Å². The van der Waals surface area contributed by atoms with Crippen LogP contribution in [0, 0.1) is 5.92 Å². The average molecular weight is 653 g/mol. The zero-order chi connectivity index (χ0) is 33.3. The minimum absolute atomic E-state index is 0.0317. The maximum Gasteiger partial charge on any atom is 0.306 e. The van der Waals surface area contributed by atoms with Crippen LogP contribution in [-0.4, -0.2) is 154 Å². The van der Waals surface area contributed by atoms with Gasteiger partial charge in [0.05, 0.1) is 19.3 Å². The number of hydrogen-bond acceptors (Lipinski definition) is 15. The molecule has 262 valence electrons. The summed E-state index contributed by atoms with van der Waals surface area (Å²) in [7, 11) is 9.12. The Hall–Kier alpha value is -1.50. The second kappa shape index (κ2) is 18.2. The van der Waals surface area contributed by atoms with E-state index < -0.39 is 79.6 Å². The van der Waals surface area contributed by atoms with Crippen molar-refractivity contribution >= 4 is 11.9 Å². The molecule has 0 amide bonds. The largest absolute Gasteiger partial charge is 0.463 e. The standard InChI is InChI=1S/C30H52O15/c1-15(2)11-21(32)40-13-20-24(35-7)26(37-9)27(38-10)30(43-20)45-28-25(36-8)19(42-17(4)31)14-41-29(28)44-22-16(3)39-12-18(33-5)23(22)34-6/h15-16,18-20,22-30H,11-14H2,1-10H3. The van der Waals surface area contributed by atoms with Gasteiger partial charge in [-0.25, -0.2) is 0 Å². The van der Waals surface area contributed by atoms with E-state index in [1.165, 1.54) is 35.4 Å². The Bertz CT molecular complexity index is 905. The van der Waals surface area contributed by atoms with Gasteiger partial charge >= 0.3 is 11.9 Å². The van der Waals surface area contributed by atoms with Crippen molar-refractivity contribution in [2.45, 2.75) is 114 Å². The molecular formula is C30H52O15. The van der Waals surface area contributed by atoms with Crippen LogP contribution < -0.4 is 0 Å². The molecule has 3 heterocycles. The zero-order valence-corrected chi connectivity index (χ0v) is 28.0. The Morgan fingerprint density at radius 2 is 1.27 bits per heavy atom. The van der Waals surface area contributed by atoms with Crippen LogP contribution in [0.5, 0.6) is 0 Å². The summed E-state index contributed by atoms with van der Waals surface area (Å²) < 4.78 is 77.0. The summed E-state index contributed by atoms with van der Waals surface area (Å²) in [6.45, 7) is 7.19. The highest BCUT2D eigenvalue weighted by molar-refractivity contribution is 5.69. The molecule has 45 heavy (non-hydrogen) atoms. The van der Waals surface area contributed by atoms with Gasteiger partial charge in [-0.15, -0.1) is 0 Å². The molecule has 0 spiro atoms. The summed E-state index contributed by atoms with van der Waals surface area (Å²) in [5, 5.41) is 0. The highest BCUT2D eigenvalue weighted by atomic mass is 16.8. The highest BCUT2D eigenvalue weighted by Crippen LogP contribution is 2.34. The Morgan fingerprint density at radius 3 is 1.82 bits per heavy atom. The monoisotopic (exact) mass is 652 g/mol. The lowest BCUT2D eigenvalue weighted by Gasteiger charge is -2.49. The first-order valence-electron chi connectivity index (χ1n) is 15.2. The van der Waals surface area contributed by atoms with Crippen LogP contribution in [0.1, 0.15) is 34.1 Å². The van der Waals surface area contributed by atoms with E-state index in [9.17, 15) is 9.59 Å². The molecule has 0 N–H and O–H groups in total. The van der Waals surface area contributed by atoms with Crippen molar-refractivity contribution in [1.29, 1.82) is 0 Å². The Labute approximate surface area is 265 Å². The maximum atomic E-state index is 12.4. The molecule has 0 bridgehead atoms. The average Bonchev–Trinajstić information content (AvgIpc) is 3.00. The van der Waals surface area contributed by atoms with Crippen molar-refractivity contribution in [1.82, 2.24) is 0 Å². The van der Waals surface area contributed by atoms with Crippen LogP contribution in [0.4, 0.5) is 0 Å². The van der Waals surface area contributed by atoms with Gasteiger partial charge in [-0.3, -0.25) is 9.59 Å². The number of esters is 2. The Morgan fingerprint density at radius 1 is 0.689 bits per heavy atom. The van der Waals surface area contributed by atoms with E-state index in [0.29, 0.717) is 6.61 Å². The van der Waals surface area contributed by atoms with E-state index in [4.69, 9.17) is 61.6 Å². The van der Waals surface area contributed by atoms with Gasteiger partial charge in [0.25, 0.3) is 0 Å². The van der Waals surface area contributed by atoms with E-state index in [1.807, 2.05) is 20.8 Å². The van der Waals surface area contributed by atoms with Crippen LogP contribution in [0.25, 0.3) is 0 Å². The number of rotatable bonds is 15. The van der Waals surface area contributed by atoms with Crippen molar-refractivity contribution in [3.8, 4) is 0 Å². The Kier molecular flexibility index (Phi) is 15.3. The number of carbonyl (C=O) groups is 2. The first-order chi connectivity index (χ1) is 21.5. The molecule has 15 nitrogen and oxygen atoms in total. The molecule has 13 atom stereocenters. The Balaban J connectivity index is 1.93. The predicted molar refractivity (Wildman–Crippen MR) is 154 cm³/mol. The summed E-state index contributed by atoms with van der Waals surface area (Å²) in [5.41, 5.74) is 0. The molecule has 3 saturated heterocycles. The van der Waals surface area contributed by atoms with E-state index >= 15 is 0 Å². The van der Waals surface area contributed by atoms with Gasteiger partial charge in [0, 0.05) is 56.0 Å². The van der Waals surface area contributed by atoms with Gasteiger partial charge < -0.3 is 61.6 Å². The fourth-order valence-corrected chi connectivity index (χ4v) is 6.00. The van der Waals surface area contributed by atoms with Gasteiger partial charge in [0.2, 0.25) is 0 Å². The summed E-state index contributed by atoms with van der Waals surface area (Å²) in [6, 6.07) is 0. The molecule has 3 aliphatic heterocycles. The first kappa shape index (κ1) is 38.0. The third-order valence-corrected chi connectivity index (χ3v) is 8.20. The molecule has 3 fully saturated rings. The van der Waals surface area contributed by atoms with Gasteiger partial charge in [0.1, 0.15) is 61.5 Å². The smallest absolute Gasteiger partial charge is 0.306 e. The summed E-state index contributed by atoms with van der Waals surface area (Å²) in [6.07, 6.45) is -9.46. The maximum absolute atomic E-state index is 12.4. The fourth-order valence-electron chi connectivity index (χ4n) is 6.00. The summed E-state index contributed by atoms with van der Waals surface area (Å²) in [5.74, 6) is -0.764. The van der Waals surface area contributed by atoms with Crippen molar-refractivity contribution in [2.75, 3.05) is 62.5 Å². The lowest BCUT2D eigenvalue weighted by Crippen LogP contribution is -2.65. The number of methoxy groups -OCH3 is 6. The van der Waals surface area contributed by atoms with Crippen molar-refractivity contribution < 1.29 is 71.2 Å². The van der Waals surface area contributed by atoms with Crippen LogP contribution >= 0.6 is 0 Å². The number of carbonyl (C=O) groups excluding carboxylic acids is 2. The lowest BCUT2D eigenvalue weighted by molar-refractivity contribution is -0.374. The van der Waals surface area contributed by atoms with Crippen molar-refractivity contribution in [2.24, 2.45) is 5.92 Å². The third-order valence-electron chi connectivity index (χ3n) is 8.20. The minimum Gasteiger partial charge on any atom is -0.463 e.